The van der Waals surface area contributed by atoms with Crippen LogP contribution in [0.3, 0.4) is 0 Å². The molecular weight excluding hydrogens is 260 g/mol. The molecule has 1 rings (SSSR count). The number of ether oxygens (including phenoxy) is 1. The molecule has 17 heavy (non-hydrogen) atoms. The summed E-state index contributed by atoms with van der Waals surface area (Å²) in [5.41, 5.74) is 0. The van der Waals surface area contributed by atoms with E-state index in [-0.39, 0.29) is 11.2 Å². The third-order valence-corrected chi connectivity index (χ3v) is 4.98. The summed E-state index contributed by atoms with van der Waals surface area (Å²) < 4.78 is 16.9. The molecule has 0 aromatic heterocycles. The summed E-state index contributed by atoms with van der Waals surface area (Å²) in [6, 6.07) is 6.94. The Morgan fingerprint density at radius 3 is 2.47 bits per heavy atom. The molecule has 3 unspecified atom stereocenters. The molecule has 1 aromatic carbocycles. The van der Waals surface area contributed by atoms with Crippen LogP contribution >= 0.6 is 11.6 Å². The Labute approximate surface area is 109 Å². The van der Waals surface area contributed by atoms with E-state index in [1.54, 1.807) is 38.1 Å². The predicted octanol–water partition coefficient (Wildman–Crippen LogP) is 2.65. The maximum atomic E-state index is 12.2. The first kappa shape index (κ1) is 14.2. The summed E-state index contributed by atoms with van der Waals surface area (Å²) >= 11 is 5.97. The van der Waals surface area contributed by atoms with Crippen LogP contribution in [-0.2, 0) is 20.3 Å². The number of benzene rings is 1. The molecule has 0 spiro atoms. The first-order chi connectivity index (χ1) is 7.99. The van der Waals surface area contributed by atoms with Gasteiger partial charge in [-0.1, -0.05) is 30.7 Å². The molecule has 3 atom stereocenters. The summed E-state index contributed by atoms with van der Waals surface area (Å²) in [5, 5.41) is 0.108. The Morgan fingerprint density at radius 1 is 1.35 bits per heavy atom. The highest BCUT2D eigenvalue weighted by Gasteiger charge is 2.27. The van der Waals surface area contributed by atoms with Crippen LogP contribution in [0.5, 0.6) is 0 Å². The maximum Gasteiger partial charge on any atom is 0.309 e. The van der Waals surface area contributed by atoms with Crippen molar-refractivity contribution >= 4 is 28.4 Å². The third kappa shape index (κ3) is 3.30. The average Bonchev–Trinajstić information content (AvgIpc) is 2.35. The van der Waals surface area contributed by atoms with Crippen molar-refractivity contribution in [2.75, 3.05) is 7.11 Å². The lowest BCUT2D eigenvalue weighted by Crippen LogP contribution is -2.28. The zero-order valence-electron chi connectivity index (χ0n) is 9.98. The van der Waals surface area contributed by atoms with Crippen LogP contribution in [0.15, 0.2) is 29.2 Å². The van der Waals surface area contributed by atoms with Gasteiger partial charge in [0.15, 0.2) is 0 Å². The van der Waals surface area contributed by atoms with Gasteiger partial charge in [-0.15, -0.1) is 0 Å². The average molecular weight is 275 g/mol. The Kier molecular flexibility index (Phi) is 5.15. The van der Waals surface area contributed by atoms with Gasteiger partial charge in [-0.25, -0.2) is 0 Å². The Balaban J connectivity index is 2.91. The molecule has 0 saturated carbocycles. The summed E-state index contributed by atoms with van der Waals surface area (Å²) in [4.78, 5) is 11.9. The van der Waals surface area contributed by atoms with Crippen LogP contribution in [0.1, 0.15) is 13.8 Å². The highest BCUT2D eigenvalue weighted by Crippen LogP contribution is 2.24. The molecule has 0 aliphatic rings. The number of carbonyl (C=O) groups excluding carboxylic acids is 1. The van der Waals surface area contributed by atoms with E-state index < -0.39 is 16.7 Å². The van der Waals surface area contributed by atoms with Gasteiger partial charge < -0.3 is 4.74 Å². The molecule has 0 fully saturated rings. The van der Waals surface area contributed by atoms with Crippen LogP contribution in [0.25, 0.3) is 0 Å². The minimum absolute atomic E-state index is 0.345. The minimum Gasteiger partial charge on any atom is -0.469 e. The Hall–Kier alpha value is -0.870. The van der Waals surface area contributed by atoms with Gasteiger partial charge in [-0.05, 0) is 19.1 Å². The molecule has 1 aromatic rings. The van der Waals surface area contributed by atoms with Gasteiger partial charge in [0.25, 0.3) is 0 Å². The molecule has 0 aliphatic carbocycles. The van der Waals surface area contributed by atoms with Crippen molar-refractivity contribution in [1.29, 1.82) is 0 Å². The molecule has 0 saturated heterocycles. The van der Waals surface area contributed by atoms with Crippen molar-refractivity contribution in [2.45, 2.75) is 24.0 Å². The largest absolute Gasteiger partial charge is 0.469 e. The number of halogens is 1. The van der Waals surface area contributed by atoms with Gasteiger partial charge in [-0.3, -0.25) is 9.00 Å². The molecule has 94 valence electrons. The van der Waals surface area contributed by atoms with E-state index in [1.807, 2.05) is 0 Å². The van der Waals surface area contributed by atoms with Crippen LogP contribution in [0, 0.1) is 5.92 Å². The van der Waals surface area contributed by atoms with Crippen molar-refractivity contribution in [2.24, 2.45) is 5.92 Å². The third-order valence-electron chi connectivity index (χ3n) is 2.67. The van der Waals surface area contributed by atoms with Crippen molar-refractivity contribution in [3.8, 4) is 0 Å². The second-order valence-corrected chi connectivity index (χ2v) is 5.93. The van der Waals surface area contributed by atoms with Crippen molar-refractivity contribution in [3.05, 3.63) is 29.3 Å². The lowest BCUT2D eigenvalue weighted by Gasteiger charge is -2.17. The van der Waals surface area contributed by atoms with Crippen molar-refractivity contribution < 1.29 is 13.7 Å². The number of rotatable bonds is 4. The van der Waals surface area contributed by atoms with Gasteiger partial charge in [0.1, 0.15) is 0 Å². The molecule has 0 aliphatic heterocycles. The van der Waals surface area contributed by atoms with Gasteiger partial charge in [0.2, 0.25) is 0 Å². The standard InChI is InChI=1S/C12H15ClO3S/c1-8(12(14)16-3)9(2)17(15)11-7-5-4-6-10(11)13/h4-9H,1-3H3. The fraction of sp³-hybridized carbons (Fsp3) is 0.417. The molecule has 0 N–H and O–H groups in total. The van der Waals surface area contributed by atoms with Gasteiger partial charge in [0.05, 0.1) is 33.7 Å². The van der Waals surface area contributed by atoms with E-state index in [0.717, 1.165) is 0 Å². The van der Waals surface area contributed by atoms with Gasteiger partial charge in [-0.2, -0.15) is 0 Å². The highest BCUT2D eigenvalue weighted by molar-refractivity contribution is 7.85. The second kappa shape index (κ2) is 6.17. The van der Waals surface area contributed by atoms with Crippen molar-refractivity contribution in [3.63, 3.8) is 0 Å². The van der Waals surface area contributed by atoms with Crippen LogP contribution in [0.2, 0.25) is 5.02 Å². The monoisotopic (exact) mass is 274 g/mol. The number of esters is 1. The van der Waals surface area contributed by atoms with E-state index in [2.05, 4.69) is 4.74 Å². The summed E-state index contributed by atoms with van der Waals surface area (Å²) in [5.74, 6) is -0.796. The SMILES string of the molecule is COC(=O)C(C)C(C)S(=O)c1ccccc1Cl. The normalized spacial score (nSPS) is 16.0. The minimum atomic E-state index is -1.32. The second-order valence-electron chi connectivity index (χ2n) is 3.74. The first-order valence-electron chi connectivity index (χ1n) is 5.22. The molecule has 0 radical (unpaired) electrons. The maximum absolute atomic E-state index is 12.2. The van der Waals surface area contributed by atoms with Crippen LogP contribution in [0.4, 0.5) is 0 Å². The summed E-state index contributed by atoms with van der Waals surface area (Å²) in [7, 11) is -0.00140. The van der Waals surface area contributed by atoms with Crippen LogP contribution < -0.4 is 0 Å². The van der Waals surface area contributed by atoms with Crippen molar-refractivity contribution in [1.82, 2.24) is 0 Å². The number of methoxy groups -OCH3 is 1. The van der Waals surface area contributed by atoms with E-state index in [4.69, 9.17) is 11.6 Å². The van der Waals surface area contributed by atoms with E-state index in [9.17, 15) is 9.00 Å². The number of hydrogen-bond acceptors (Lipinski definition) is 3. The quantitative estimate of drug-likeness (QED) is 0.793. The fourth-order valence-corrected chi connectivity index (χ4v) is 3.09. The Morgan fingerprint density at radius 2 is 1.94 bits per heavy atom. The predicted molar refractivity (Wildman–Crippen MR) is 68.5 cm³/mol. The fourth-order valence-electron chi connectivity index (χ4n) is 1.37. The number of hydrogen-bond donors (Lipinski definition) is 0. The molecule has 3 nitrogen and oxygen atoms in total. The van der Waals surface area contributed by atoms with E-state index >= 15 is 0 Å². The smallest absolute Gasteiger partial charge is 0.309 e. The lowest BCUT2D eigenvalue weighted by molar-refractivity contribution is -0.144. The van der Waals surface area contributed by atoms with Gasteiger partial charge >= 0.3 is 5.97 Å². The van der Waals surface area contributed by atoms with E-state index in [0.29, 0.717) is 9.92 Å². The molecule has 0 bridgehead atoms. The molecule has 0 heterocycles. The first-order valence-corrected chi connectivity index (χ1v) is 6.81. The Bertz CT molecular complexity index is 434. The molecule has 0 amide bonds. The lowest BCUT2D eigenvalue weighted by atomic mass is 10.1. The summed E-state index contributed by atoms with van der Waals surface area (Å²) in [6.07, 6.45) is 0. The zero-order valence-corrected chi connectivity index (χ0v) is 11.5. The highest BCUT2D eigenvalue weighted by atomic mass is 35.5. The number of carbonyl (C=O) groups is 1. The summed E-state index contributed by atoms with van der Waals surface area (Å²) in [6.45, 7) is 3.45. The topological polar surface area (TPSA) is 43.4 Å². The molecular formula is C12H15ClO3S. The van der Waals surface area contributed by atoms with Gasteiger partial charge in [0, 0.05) is 5.25 Å². The molecule has 5 heteroatoms. The van der Waals surface area contributed by atoms with Crippen LogP contribution in [-0.4, -0.2) is 22.5 Å². The zero-order chi connectivity index (χ0) is 13.0. The van der Waals surface area contributed by atoms with E-state index in [1.165, 1.54) is 7.11 Å².